The van der Waals surface area contributed by atoms with E-state index in [0.717, 1.165) is 16.3 Å². The zero-order valence-corrected chi connectivity index (χ0v) is 15.8. The lowest BCUT2D eigenvalue weighted by Crippen LogP contribution is -1.97. The maximum absolute atomic E-state index is 14.0. The number of rotatable bonds is 5. The molecule has 132 valence electrons. The lowest BCUT2D eigenvalue weighted by molar-refractivity contribution is 0.542. The molecule has 0 unspecified atom stereocenters. The van der Waals surface area contributed by atoms with Crippen LogP contribution in [0, 0.1) is 12.7 Å². The third kappa shape index (κ3) is 3.17. The minimum absolute atomic E-state index is 0.313. The molecule has 0 radical (unpaired) electrons. The number of hydrogen-bond acceptors (Lipinski definition) is 6. The molecule has 4 rings (SSSR count). The van der Waals surface area contributed by atoms with E-state index in [1.54, 1.807) is 34.1 Å². The molecular formula is C18H15FN4OS2. The van der Waals surface area contributed by atoms with Crippen molar-refractivity contribution in [2.45, 2.75) is 17.8 Å². The summed E-state index contributed by atoms with van der Waals surface area (Å²) in [6, 6.07) is 10.5. The highest BCUT2D eigenvalue weighted by Crippen LogP contribution is 2.30. The number of halogens is 1. The van der Waals surface area contributed by atoms with Crippen LogP contribution in [-0.4, -0.2) is 19.7 Å². The molecule has 0 fully saturated rings. The Morgan fingerprint density at radius 3 is 2.81 bits per heavy atom. The lowest BCUT2D eigenvalue weighted by Gasteiger charge is -2.04. The minimum atomic E-state index is -0.313. The fourth-order valence-electron chi connectivity index (χ4n) is 2.52. The van der Waals surface area contributed by atoms with Gasteiger partial charge in [-0.05, 0) is 30.5 Å². The highest BCUT2D eigenvalue weighted by atomic mass is 32.2. The number of thioether (sulfide) groups is 1. The predicted molar refractivity (Wildman–Crippen MR) is 101 cm³/mol. The van der Waals surface area contributed by atoms with Crippen LogP contribution < -0.4 is 0 Å². The summed E-state index contributed by atoms with van der Waals surface area (Å²) in [6.45, 7) is 1.90. The molecular weight excluding hydrogens is 371 g/mol. The van der Waals surface area contributed by atoms with E-state index in [1.807, 2.05) is 31.5 Å². The third-order valence-electron chi connectivity index (χ3n) is 3.91. The van der Waals surface area contributed by atoms with Crippen molar-refractivity contribution in [2.75, 3.05) is 0 Å². The molecule has 3 aromatic heterocycles. The molecule has 1 aromatic carbocycles. The number of oxazole rings is 1. The van der Waals surface area contributed by atoms with Crippen LogP contribution in [0.4, 0.5) is 4.39 Å². The fourth-order valence-corrected chi connectivity index (χ4v) is 4.08. The normalized spacial score (nSPS) is 11.2. The van der Waals surface area contributed by atoms with Gasteiger partial charge in [-0.15, -0.1) is 21.5 Å². The summed E-state index contributed by atoms with van der Waals surface area (Å²) < 4.78 is 21.5. The van der Waals surface area contributed by atoms with Crippen molar-refractivity contribution in [3.05, 3.63) is 59.0 Å². The molecule has 0 N–H and O–H groups in total. The lowest BCUT2D eigenvalue weighted by atomic mass is 10.2. The van der Waals surface area contributed by atoms with Gasteiger partial charge in [0.25, 0.3) is 0 Å². The topological polar surface area (TPSA) is 56.7 Å². The van der Waals surface area contributed by atoms with E-state index in [-0.39, 0.29) is 5.82 Å². The highest BCUT2D eigenvalue weighted by molar-refractivity contribution is 7.98. The van der Waals surface area contributed by atoms with Crippen molar-refractivity contribution in [3.8, 4) is 22.2 Å². The van der Waals surface area contributed by atoms with Gasteiger partial charge in [-0.2, -0.15) is 0 Å². The average Bonchev–Trinajstić information content (AvgIpc) is 3.35. The van der Waals surface area contributed by atoms with Crippen LogP contribution >= 0.6 is 23.1 Å². The second-order valence-electron chi connectivity index (χ2n) is 5.63. The summed E-state index contributed by atoms with van der Waals surface area (Å²) in [4.78, 5) is 5.59. The summed E-state index contributed by atoms with van der Waals surface area (Å²) in [5.41, 5.74) is 1.31. The van der Waals surface area contributed by atoms with Crippen molar-refractivity contribution in [1.82, 2.24) is 19.7 Å². The second kappa shape index (κ2) is 7.05. The van der Waals surface area contributed by atoms with E-state index >= 15 is 0 Å². The first-order valence-corrected chi connectivity index (χ1v) is 9.77. The van der Waals surface area contributed by atoms with Gasteiger partial charge in [0.2, 0.25) is 5.89 Å². The van der Waals surface area contributed by atoms with Gasteiger partial charge in [-0.1, -0.05) is 30.0 Å². The number of thiophene rings is 1. The molecule has 0 bridgehead atoms. The van der Waals surface area contributed by atoms with Crippen LogP contribution in [0.3, 0.4) is 0 Å². The van der Waals surface area contributed by atoms with E-state index in [4.69, 9.17) is 4.42 Å². The van der Waals surface area contributed by atoms with E-state index < -0.39 is 0 Å². The Morgan fingerprint density at radius 2 is 2.04 bits per heavy atom. The largest absolute Gasteiger partial charge is 0.440 e. The van der Waals surface area contributed by atoms with Crippen LogP contribution in [0.2, 0.25) is 0 Å². The SMILES string of the molecule is Cc1oc(-c2cccs2)nc1CSc1nnc(-c2ccccc2F)n1C. The van der Waals surface area contributed by atoms with Crippen molar-refractivity contribution >= 4 is 23.1 Å². The van der Waals surface area contributed by atoms with Gasteiger partial charge < -0.3 is 8.98 Å². The molecule has 5 nitrogen and oxygen atoms in total. The van der Waals surface area contributed by atoms with Crippen molar-refractivity contribution in [3.63, 3.8) is 0 Å². The molecule has 0 saturated carbocycles. The zero-order valence-electron chi connectivity index (χ0n) is 14.1. The Morgan fingerprint density at radius 1 is 1.19 bits per heavy atom. The summed E-state index contributed by atoms with van der Waals surface area (Å²) in [7, 11) is 1.83. The summed E-state index contributed by atoms with van der Waals surface area (Å²) >= 11 is 3.09. The Bertz CT molecular complexity index is 1040. The fraction of sp³-hybridized carbons (Fsp3) is 0.167. The van der Waals surface area contributed by atoms with Gasteiger partial charge in [0.1, 0.15) is 11.6 Å². The molecule has 26 heavy (non-hydrogen) atoms. The number of hydrogen-bond donors (Lipinski definition) is 0. The number of aromatic nitrogens is 4. The first-order valence-electron chi connectivity index (χ1n) is 7.90. The van der Waals surface area contributed by atoms with E-state index in [9.17, 15) is 4.39 Å². The molecule has 4 aromatic rings. The molecule has 0 aliphatic rings. The van der Waals surface area contributed by atoms with E-state index in [2.05, 4.69) is 15.2 Å². The molecule has 3 heterocycles. The first kappa shape index (κ1) is 17.0. The molecule has 0 spiro atoms. The third-order valence-corrected chi connectivity index (χ3v) is 5.80. The Balaban J connectivity index is 1.54. The average molecular weight is 386 g/mol. The maximum Gasteiger partial charge on any atom is 0.236 e. The Kier molecular flexibility index (Phi) is 4.60. The summed E-state index contributed by atoms with van der Waals surface area (Å²) in [5, 5.41) is 11.0. The molecule has 0 atom stereocenters. The predicted octanol–water partition coefficient (Wildman–Crippen LogP) is 4.94. The molecule has 0 amide bonds. The van der Waals surface area contributed by atoms with Crippen LogP contribution in [-0.2, 0) is 12.8 Å². The van der Waals surface area contributed by atoms with Gasteiger partial charge >= 0.3 is 0 Å². The van der Waals surface area contributed by atoms with Crippen LogP contribution in [0.25, 0.3) is 22.2 Å². The van der Waals surface area contributed by atoms with Gasteiger partial charge in [-0.3, -0.25) is 0 Å². The highest BCUT2D eigenvalue weighted by Gasteiger charge is 2.17. The van der Waals surface area contributed by atoms with Gasteiger partial charge in [0, 0.05) is 12.8 Å². The number of benzene rings is 1. The minimum Gasteiger partial charge on any atom is -0.440 e. The second-order valence-corrected chi connectivity index (χ2v) is 7.52. The quantitative estimate of drug-likeness (QED) is 0.455. The molecule has 0 aliphatic heterocycles. The first-order chi connectivity index (χ1) is 12.6. The Hall–Kier alpha value is -2.45. The van der Waals surface area contributed by atoms with Crippen molar-refractivity contribution < 1.29 is 8.81 Å². The Labute approximate surface area is 157 Å². The van der Waals surface area contributed by atoms with Gasteiger partial charge in [0.05, 0.1) is 16.1 Å². The van der Waals surface area contributed by atoms with E-state index in [0.29, 0.717) is 28.2 Å². The summed E-state index contributed by atoms with van der Waals surface area (Å²) in [6.07, 6.45) is 0. The van der Waals surface area contributed by atoms with Crippen LogP contribution in [0.1, 0.15) is 11.5 Å². The monoisotopic (exact) mass is 386 g/mol. The summed E-state index contributed by atoms with van der Waals surface area (Å²) in [5.74, 6) is 2.22. The van der Waals surface area contributed by atoms with Crippen molar-refractivity contribution in [1.29, 1.82) is 0 Å². The maximum atomic E-state index is 14.0. The van der Waals surface area contributed by atoms with Gasteiger partial charge in [0.15, 0.2) is 11.0 Å². The van der Waals surface area contributed by atoms with Gasteiger partial charge in [-0.25, -0.2) is 9.37 Å². The molecule has 8 heteroatoms. The van der Waals surface area contributed by atoms with Crippen LogP contribution in [0.15, 0.2) is 51.4 Å². The number of nitrogens with zero attached hydrogens (tertiary/aromatic N) is 4. The standard InChI is InChI=1S/C18H15FN4OS2/c1-11-14(20-17(24-11)15-8-5-9-25-15)10-26-18-22-21-16(23(18)2)12-6-3-4-7-13(12)19/h3-9H,10H2,1-2H3. The van der Waals surface area contributed by atoms with E-state index in [1.165, 1.54) is 17.8 Å². The smallest absolute Gasteiger partial charge is 0.236 e. The zero-order chi connectivity index (χ0) is 18.1. The van der Waals surface area contributed by atoms with Crippen molar-refractivity contribution in [2.24, 2.45) is 7.05 Å². The molecule has 0 saturated heterocycles. The van der Waals surface area contributed by atoms with Crippen LogP contribution in [0.5, 0.6) is 0 Å². The molecule has 0 aliphatic carbocycles. The number of aryl methyl sites for hydroxylation is 1.